The number of pyridine rings is 1. The van der Waals surface area contributed by atoms with Gasteiger partial charge in [-0.2, -0.15) is 0 Å². The number of carbonyl (C=O) groups is 1. The van der Waals surface area contributed by atoms with Crippen LogP contribution >= 0.6 is 11.6 Å². The second-order valence-corrected chi connectivity index (χ2v) is 6.94. The number of hydrogen-bond donors (Lipinski definition) is 0. The lowest BCUT2D eigenvalue weighted by atomic mass is 10.1. The maximum Gasteiger partial charge on any atom is 0.268 e. The number of carbonyl (C=O) groups excluding carboxylic acids is 1. The van der Waals surface area contributed by atoms with Crippen molar-refractivity contribution in [3.63, 3.8) is 0 Å². The molecule has 0 spiro atoms. The third kappa shape index (κ3) is 2.28. The van der Waals surface area contributed by atoms with Gasteiger partial charge in [-0.25, -0.2) is 4.39 Å². The molecule has 0 radical (unpaired) electrons. The molecule has 0 N–H and O–H groups in total. The molecule has 0 saturated heterocycles. The molecule has 2 aromatic carbocycles. The lowest BCUT2D eigenvalue weighted by Gasteiger charge is -2.16. The van der Waals surface area contributed by atoms with Gasteiger partial charge in [-0.1, -0.05) is 23.7 Å². The SMILES string of the molecule is O=C1c2c(n(Cc3cccc(Cl)c3)c3cc(F)ccc3c2=O)-c2cccn21. The zero-order chi connectivity index (χ0) is 18.7. The van der Waals surface area contributed by atoms with Crippen LogP contribution in [0.3, 0.4) is 0 Å². The molecule has 0 amide bonds. The van der Waals surface area contributed by atoms with Crippen LogP contribution in [-0.2, 0) is 6.54 Å². The molecule has 1 aliphatic rings. The normalized spacial score (nSPS) is 12.4. The highest BCUT2D eigenvalue weighted by Crippen LogP contribution is 2.34. The van der Waals surface area contributed by atoms with Crippen LogP contribution in [-0.4, -0.2) is 15.0 Å². The van der Waals surface area contributed by atoms with Gasteiger partial charge in [0.1, 0.15) is 11.4 Å². The first-order valence-electron chi connectivity index (χ1n) is 8.37. The molecular weight excluding hydrogens is 367 g/mol. The summed E-state index contributed by atoms with van der Waals surface area (Å²) >= 11 is 6.11. The number of aromatic nitrogens is 2. The molecule has 2 aromatic heterocycles. The molecular formula is C21H12ClFN2O2. The predicted octanol–water partition coefficient (Wildman–Crippen LogP) is 4.31. The van der Waals surface area contributed by atoms with Crippen LogP contribution in [0.15, 0.2) is 65.6 Å². The lowest BCUT2D eigenvalue weighted by molar-refractivity contribution is 0.0968. The van der Waals surface area contributed by atoms with Gasteiger partial charge in [0.25, 0.3) is 5.91 Å². The molecule has 5 rings (SSSR count). The first-order valence-corrected chi connectivity index (χ1v) is 8.75. The molecule has 3 heterocycles. The van der Waals surface area contributed by atoms with Crippen molar-refractivity contribution in [2.45, 2.75) is 6.54 Å². The van der Waals surface area contributed by atoms with Crippen LogP contribution in [0, 0.1) is 5.82 Å². The van der Waals surface area contributed by atoms with Crippen molar-refractivity contribution >= 4 is 28.4 Å². The zero-order valence-corrected chi connectivity index (χ0v) is 14.7. The van der Waals surface area contributed by atoms with Crippen molar-refractivity contribution in [1.82, 2.24) is 9.13 Å². The van der Waals surface area contributed by atoms with Crippen LogP contribution in [0.5, 0.6) is 0 Å². The van der Waals surface area contributed by atoms with Crippen molar-refractivity contribution in [3.8, 4) is 11.4 Å². The number of benzene rings is 2. The standard InChI is InChI=1S/C21H12ClFN2O2/c22-13-4-1-3-12(9-13)11-25-17-10-14(23)6-7-15(17)20(26)18-19(25)16-5-2-8-24(16)21(18)27/h1-10H,11H2. The average Bonchev–Trinajstić information content (AvgIpc) is 3.21. The second kappa shape index (κ2) is 5.66. The Morgan fingerprint density at radius 3 is 2.67 bits per heavy atom. The topological polar surface area (TPSA) is 44.0 Å². The Morgan fingerprint density at radius 2 is 1.85 bits per heavy atom. The number of rotatable bonds is 2. The third-order valence-corrected chi connectivity index (χ3v) is 5.12. The van der Waals surface area contributed by atoms with E-state index in [-0.39, 0.29) is 16.9 Å². The van der Waals surface area contributed by atoms with E-state index in [4.69, 9.17) is 11.6 Å². The smallest absolute Gasteiger partial charge is 0.268 e. The Hall–Kier alpha value is -3.18. The van der Waals surface area contributed by atoms with Crippen LogP contribution in [0.4, 0.5) is 4.39 Å². The zero-order valence-electron chi connectivity index (χ0n) is 13.9. The van der Waals surface area contributed by atoms with Crippen molar-refractivity contribution in [3.05, 3.63) is 93.0 Å². The van der Waals surface area contributed by atoms with E-state index < -0.39 is 5.82 Å². The van der Waals surface area contributed by atoms with Gasteiger partial charge in [0.05, 0.1) is 16.9 Å². The summed E-state index contributed by atoms with van der Waals surface area (Å²) in [5, 5.41) is 0.899. The maximum absolute atomic E-state index is 14.0. The Labute approximate surface area is 158 Å². The maximum atomic E-state index is 14.0. The van der Waals surface area contributed by atoms with Gasteiger partial charge in [-0.3, -0.25) is 14.2 Å². The molecule has 4 nitrogen and oxygen atoms in total. The molecule has 0 fully saturated rings. The summed E-state index contributed by atoms with van der Waals surface area (Å²) in [6.07, 6.45) is 1.63. The quantitative estimate of drug-likeness (QED) is 0.459. The predicted molar refractivity (Wildman–Crippen MR) is 102 cm³/mol. The summed E-state index contributed by atoms with van der Waals surface area (Å²) in [5.41, 5.74) is 2.20. The van der Waals surface area contributed by atoms with Crippen molar-refractivity contribution in [1.29, 1.82) is 0 Å². The Balaban J connectivity index is 1.90. The first-order chi connectivity index (χ1) is 13.0. The van der Waals surface area contributed by atoms with Crippen LogP contribution in [0.1, 0.15) is 15.9 Å². The summed E-state index contributed by atoms with van der Waals surface area (Å²) in [6.45, 7) is 0.349. The molecule has 0 atom stereocenters. The molecule has 0 saturated carbocycles. The second-order valence-electron chi connectivity index (χ2n) is 6.50. The Kier molecular flexibility index (Phi) is 3.36. The molecule has 4 aromatic rings. The van der Waals surface area contributed by atoms with Crippen molar-refractivity contribution < 1.29 is 9.18 Å². The average molecular weight is 379 g/mol. The van der Waals surface area contributed by atoms with Crippen LogP contribution in [0.2, 0.25) is 5.02 Å². The van der Waals surface area contributed by atoms with Gasteiger partial charge in [-0.05, 0) is 48.0 Å². The van der Waals surface area contributed by atoms with E-state index in [0.717, 1.165) is 5.56 Å². The van der Waals surface area contributed by atoms with Gasteiger partial charge in [-0.15, -0.1) is 0 Å². The third-order valence-electron chi connectivity index (χ3n) is 4.88. The van der Waals surface area contributed by atoms with Gasteiger partial charge in [0.2, 0.25) is 5.43 Å². The summed E-state index contributed by atoms with van der Waals surface area (Å²) < 4.78 is 17.3. The number of nitrogens with zero attached hydrogens (tertiary/aromatic N) is 2. The fraction of sp³-hybridized carbons (Fsp3) is 0.0476. The van der Waals surface area contributed by atoms with E-state index in [0.29, 0.717) is 33.9 Å². The van der Waals surface area contributed by atoms with E-state index in [1.807, 2.05) is 22.8 Å². The van der Waals surface area contributed by atoms with Crippen LogP contribution in [0.25, 0.3) is 22.3 Å². The molecule has 0 bridgehead atoms. The van der Waals surface area contributed by atoms with Gasteiger partial charge in [0.15, 0.2) is 0 Å². The summed E-state index contributed by atoms with van der Waals surface area (Å²) in [7, 11) is 0. The minimum Gasteiger partial charge on any atom is -0.334 e. The molecule has 27 heavy (non-hydrogen) atoms. The summed E-state index contributed by atoms with van der Waals surface area (Å²) in [6, 6.07) is 14.8. The van der Waals surface area contributed by atoms with E-state index in [9.17, 15) is 14.0 Å². The lowest BCUT2D eigenvalue weighted by Crippen LogP contribution is -2.20. The van der Waals surface area contributed by atoms with Gasteiger partial charge < -0.3 is 4.57 Å². The molecule has 0 aliphatic carbocycles. The van der Waals surface area contributed by atoms with Crippen molar-refractivity contribution in [2.24, 2.45) is 0 Å². The summed E-state index contributed by atoms with van der Waals surface area (Å²) in [4.78, 5) is 25.8. The van der Waals surface area contributed by atoms with E-state index in [1.165, 1.54) is 22.8 Å². The van der Waals surface area contributed by atoms with E-state index in [2.05, 4.69) is 0 Å². The van der Waals surface area contributed by atoms with Gasteiger partial charge in [0, 0.05) is 23.2 Å². The fourth-order valence-electron chi connectivity index (χ4n) is 3.74. The van der Waals surface area contributed by atoms with Crippen LogP contribution < -0.4 is 5.43 Å². The molecule has 1 aliphatic heterocycles. The molecule has 132 valence electrons. The molecule has 6 heteroatoms. The molecule has 0 unspecified atom stereocenters. The monoisotopic (exact) mass is 378 g/mol. The van der Waals surface area contributed by atoms with E-state index >= 15 is 0 Å². The minimum absolute atomic E-state index is 0.117. The highest BCUT2D eigenvalue weighted by Gasteiger charge is 2.32. The van der Waals surface area contributed by atoms with Crippen molar-refractivity contribution in [2.75, 3.05) is 0 Å². The minimum atomic E-state index is -0.443. The summed E-state index contributed by atoms with van der Waals surface area (Å²) in [5.74, 6) is -0.803. The highest BCUT2D eigenvalue weighted by molar-refractivity contribution is 6.30. The van der Waals surface area contributed by atoms with E-state index in [1.54, 1.807) is 24.4 Å². The Morgan fingerprint density at radius 1 is 1.00 bits per heavy atom. The number of halogens is 2. The first kappa shape index (κ1) is 16.0. The highest BCUT2D eigenvalue weighted by atomic mass is 35.5. The Bertz CT molecular complexity index is 1320. The number of hydrogen-bond acceptors (Lipinski definition) is 2. The fourth-order valence-corrected chi connectivity index (χ4v) is 3.95. The largest absolute Gasteiger partial charge is 0.334 e. The van der Waals surface area contributed by atoms with Gasteiger partial charge >= 0.3 is 0 Å². The number of fused-ring (bicyclic) bond motifs is 4.